The molecule has 1 heterocycles. The molecule has 0 aromatic heterocycles. The molecule has 11 nitrogen and oxygen atoms in total. The summed E-state index contributed by atoms with van der Waals surface area (Å²) in [5.74, 6) is -3.27. The van der Waals surface area contributed by atoms with Gasteiger partial charge in [0.15, 0.2) is 12.2 Å². The fraction of sp³-hybridized carbons (Fsp3) is 0.750. The average Bonchev–Trinajstić information content (AvgIpc) is 3.18. The van der Waals surface area contributed by atoms with E-state index >= 15 is 0 Å². The number of nitrogens with one attached hydrogen (secondary N) is 1. The van der Waals surface area contributed by atoms with Crippen molar-refractivity contribution < 1.29 is 47.7 Å². The fourth-order valence-corrected chi connectivity index (χ4v) is 3.79. The van der Waals surface area contributed by atoms with Crippen LogP contribution in [-0.4, -0.2) is 67.0 Å². The summed E-state index contributed by atoms with van der Waals surface area (Å²) >= 11 is 0. The standard InChI is InChI=1S/C20H29NO10/c1-10(22)27-9-15-17(28-11(2)23)18(29-12(3)24)16(20(31-15)30-13(4)25)21-19(26)14-7-5-6-8-14/h14-18,20H,5-9H2,1-4H3,(H,21,26)/t15?,16-,17+,18?,20-/m0/s1. The maximum Gasteiger partial charge on any atom is 0.305 e. The lowest BCUT2D eigenvalue weighted by Crippen LogP contribution is -2.67. The second-order valence-electron chi connectivity index (χ2n) is 7.62. The number of esters is 4. The zero-order chi connectivity index (χ0) is 23.1. The molecule has 1 saturated carbocycles. The van der Waals surface area contributed by atoms with Crippen LogP contribution in [0, 0.1) is 5.92 Å². The van der Waals surface area contributed by atoms with Crippen molar-refractivity contribution in [1.29, 1.82) is 0 Å². The molecule has 1 aliphatic heterocycles. The van der Waals surface area contributed by atoms with E-state index in [0.717, 1.165) is 33.6 Å². The van der Waals surface area contributed by atoms with E-state index in [9.17, 15) is 24.0 Å². The minimum atomic E-state index is -1.36. The van der Waals surface area contributed by atoms with Gasteiger partial charge in [0.1, 0.15) is 18.8 Å². The number of rotatable bonds is 7. The van der Waals surface area contributed by atoms with Gasteiger partial charge >= 0.3 is 23.9 Å². The third-order valence-electron chi connectivity index (χ3n) is 5.02. The van der Waals surface area contributed by atoms with E-state index in [-0.39, 0.29) is 18.4 Å². The summed E-state index contributed by atoms with van der Waals surface area (Å²) < 4.78 is 26.6. The number of ether oxygens (including phenoxy) is 5. The molecule has 1 aliphatic carbocycles. The number of carbonyl (C=O) groups excluding carboxylic acids is 5. The second kappa shape index (κ2) is 11.1. The van der Waals surface area contributed by atoms with Gasteiger partial charge in [0, 0.05) is 33.6 Å². The number of hydrogen-bond acceptors (Lipinski definition) is 10. The monoisotopic (exact) mass is 443 g/mol. The highest BCUT2D eigenvalue weighted by molar-refractivity contribution is 5.79. The normalized spacial score (nSPS) is 28.3. The highest BCUT2D eigenvalue weighted by Gasteiger charge is 2.52. The SMILES string of the molecule is CC(=O)OCC1O[C@H](OC(C)=O)[C@@H](NC(=O)C2CCCC2)C(OC(C)=O)[C@@H]1OC(C)=O. The molecule has 1 amide bonds. The molecule has 0 radical (unpaired) electrons. The Morgan fingerprint density at radius 1 is 0.806 bits per heavy atom. The van der Waals surface area contributed by atoms with Crippen LogP contribution in [0.1, 0.15) is 53.4 Å². The van der Waals surface area contributed by atoms with Gasteiger partial charge in [-0.25, -0.2) is 0 Å². The second-order valence-corrected chi connectivity index (χ2v) is 7.62. The Morgan fingerprint density at radius 2 is 1.35 bits per heavy atom. The third-order valence-corrected chi connectivity index (χ3v) is 5.02. The van der Waals surface area contributed by atoms with Crippen LogP contribution >= 0.6 is 0 Å². The Balaban J connectivity index is 2.37. The van der Waals surface area contributed by atoms with E-state index in [4.69, 9.17) is 23.7 Å². The quantitative estimate of drug-likeness (QED) is 0.433. The fourth-order valence-electron chi connectivity index (χ4n) is 3.79. The van der Waals surface area contributed by atoms with Crippen LogP contribution in [0.2, 0.25) is 0 Å². The Hall–Kier alpha value is -2.69. The predicted molar refractivity (Wildman–Crippen MR) is 102 cm³/mol. The van der Waals surface area contributed by atoms with E-state index in [2.05, 4.69) is 5.32 Å². The molecule has 1 N–H and O–H groups in total. The van der Waals surface area contributed by atoms with Crippen molar-refractivity contribution >= 4 is 29.8 Å². The number of amides is 1. The van der Waals surface area contributed by atoms with Crippen molar-refractivity contribution in [2.45, 2.75) is 84.0 Å². The van der Waals surface area contributed by atoms with Gasteiger partial charge in [0.2, 0.25) is 12.2 Å². The number of carbonyl (C=O) groups is 5. The van der Waals surface area contributed by atoms with Crippen LogP contribution in [0.5, 0.6) is 0 Å². The Bertz CT molecular complexity index is 702. The molecule has 5 atom stereocenters. The largest absolute Gasteiger partial charge is 0.463 e. The number of hydrogen-bond donors (Lipinski definition) is 1. The first-order chi connectivity index (χ1) is 14.6. The summed E-state index contributed by atoms with van der Waals surface area (Å²) in [4.78, 5) is 59.3. The molecular weight excluding hydrogens is 414 g/mol. The molecule has 2 fully saturated rings. The first kappa shape index (κ1) is 24.6. The van der Waals surface area contributed by atoms with Crippen molar-refractivity contribution in [3.05, 3.63) is 0 Å². The average molecular weight is 443 g/mol. The van der Waals surface area contributed by atoms with E-state index in [1.165, 1.54) is 6.92 Å². The molecule has 2 unspecified atom stereocenters. The molecule has 0 bridgehead atoms. The van der Waals surface area contributed by atoms with Gasteiger partial charge < -0.3 is 29.0 Å². The lowest BCUT2D eigenvalue weighted by molar-refractivity contribution is -0.271. The zero-order valence-electron chi connectivity index (χ0n) is 18.1. The molecule has 0 aromatic rings. The van der Waals surface area contributed by atoms with Crippen LogP contribution in [0.4, 0.5) is 0 Å². The highest BCUT2D eigenvalue weighted by Crippen LogP contribution is 2.30. The molecule has 0 aromatic carbocycles. The van der Waals surface area contributed by atoms with Gasteiger partial charge in [0.25, 0.3) is 0 Å². The van der Waals surface area contributed by atoms with Gasteiger partial charge in [-0.15, -0.1) is 0 Å². The molecule has 31 heavy (non-hydrogen) atoms. The van der Waals surface area contributed by atoms with Gasteiger partial charge in [-0.3, -0.25) is 24.0 Å². The predicted octanol–water partition coefficient (Wildman–Crippen LogP) is 0.376. The third kappa shape index (κ3) is 7.20. The van der Waals surface area contributed by atoms with E-state index < -0.39 is 54.5 Å². The lowest BCUT2D eigenvalue weighted by Gasteiger charge is -2.44. The molecule has 2 aliphatic rings. The van der Waals surface area contributed by atoms with Crippen molar-refractivity contribution in [1.82, 2.24) is 5.32 Å². The van der Waals surface area contributed by atoms with Crippen molar-refractivity contribution in [2.75, 3.05) is 6.61 Å². The summed E-state index contributed by atoms with van der Waals surface area (Å²) in [7, 11) is 0. The van der Waals surface area contributed by atoms with Crippen molar-refractivity contribution in [2.24, 2.45) is 5.92 Å². The van der Waals surface area contributed by atoms with Crippen LogP contribution in [0.3, 0.4) is 0 Å². The minimum absolute atomic E-state index is 0.234. The van der Waals surface area contributed by atoms with E-state index in [1.807, 2.05) is 0 Å². The van der Waals surface area contributed by atoms with E-state index in [0.29, 0.717) is 12.8 Å². The lowest BCUT2D eigenvalue weighted by atomic mass is 9.95. The first-order valence-electron chi connectivity index (χ1n) is 10.2. The van der Waals surface area contributed by atoms with Gasteiger partial charge in [-0.2, -0.15) is 0 Å². The van der Waals surface area contributed by atoms with Crippen LogP contribution in [-0.2, 0) is 47.7 Å². The Labute approximate surface area is 180 Å². The Morgan fingerprint density at radius 3 is 1.87 bits per heavy atom. The van der Waals surface area contributed by atoms with E-state index in [1.54, 1.807) is 0 Å². The zero-order valence-corrected chi connectivity index (χ0v) is 18.1. The van der Waals surface area contributed by atoms with Crippen LogP contribution < -0.4 is 5.32 Å². The highest BCUT2D eigenvalue weighted by atomic mass is 16.7. The van der Waals surface area contributed by atoms with Gasteiger partial charge in [-0.05, 0) is 12.8 Å². The summed E-state index contributed by atoms with van der Waals surface area (Å²) in [5, 5.41) is 2.74. The molecule has 1 saturated heterocycles. The van der Waals surface area contributed by atoms with Gasteiger partial charge in [0.05, 0.1) is 0 Å². The maximum atomic E-state index is 12.8. The molecular formula is C20H29NO10. The smallest absolute Gasteiger partial charge is 0.305 e. The molecule has 2 rings (SSSR count). The topological polar surface area (TPSA) is 144 Å². The van der Waals surface area contributed by atoms with Gasteiger partial charge in [-0.1, -0.05) is 12.8 Å². The minimum Gasteiger partial charge on any atom is -0.463 e. The maximum absolute atomic E-state index is 12.8. The van der Waals surface area contributed by atoms with Crippen molar-refractivity contribution in [3.63, 3.8) is 0 Å². The molecule has 11 heteroatoms. The molecule has 174 valence electrons. The summed E-state index contributed by atoms with van der Waals surface area (Å²) in [5.41, 5.74) is 0. The molecule has 0 spiro atoms. The van der Waals surface area contributed by atoms with Crippen LogP contribution in [0.25, 0.3) is 0 Å². The first-order valence-corrected chi connectivity index (χ1v) is 10.2. The Kier molecular flexibility index (Phi) is 8.78. The van der Waals surface area contributed by atoms with Crippen LogP contribution in [0.15, 0.2) is 0 Å². The summed E-state index contributed by atoms with van der Waals surface area (Å²) in [6, 6.07) is -1.14. The summed E-state index contributed by atoms with van der Waals surface area (Å²) in [6.07, 6.45) is -1.69. The van der Waals surface area contributed by atoms with Crippen molar-refractivity contribution in [3.8, 4) is 0 Å². The summed E-state index contributed by atoms with van der Waals surface area (Å²) in [6.45, 7) is 4.28.